The number of carbonyl (C=O) groups excluding carboxylic acids is 1. The number of benzene rings is 3. The Morgan fingerprint density at radius 1 is 1.12 bits per heavy atom. The van der Waals surface area contributed by atoms with Crippen molar-refractivity contribution in [3.05, 3.63) is 88.6 Å². The Balaban J connectivity index is 1.60. The van der Waals surface area contributed by atoms with Crippen LogP contribution in [0.3, 0.4) is 0 Å². The number of H-pyrrole nitrogens is 1. The third-order valence-corrected chi connectivity index (χ3v) is 6.30. The smallest absolute Gasteiger partial charge is 0.255 e. The number of rotatable bonds is 9. The summed E-state index contributed by atoms with van der Waals surface area (Å²) in [7, 11) is 0. The molecule has 0 bridgehead atoms. The van der Waals surface area contributed by atoms with Crippen molar-refractivity contribution in [1.29, 1.82) is 0 Å². The third-order valence-electron chi connectivity index (χ3n) is 5.89. The fraction of sp³-hybridized carbons (Fsp3) is 0.250. The van der Waals surface area contributed by atoms with Crippen LogP contribution < -0.4 is 10.1 Å². The molecule has 3 N–H and O–H groups in total. The first-order valence-electron chi connectivity index (χ1n) is 11.5. The number of nitrogens with one attached hydrogen (secondary N) is 2. The van der Waals surface area contributed by atoms with Gasteiger partial charge >= 0.3 is 0 Å². The summed E-state index contributed by atoms with van der Waals surface area (Å²) in [5, 5.41) is 14.8. The van der Waals surface area contributed by atoms with Gasteiger partial charge in [0, 0.05) is 22.1 Å². The minimum absolute atomic E-state index is 0.177. The van der Waals surface area contributed by atoms with E-state index in [2.05, 4.69) is 10.3 Å². The maximum atomic E-state index is 13.4. The molecule has 0 saturated carbocycles. The number of aliphatic hydroxyl groups is 1. The van der Waals surface area contributed by atoms with Crippen molar-refractivity contribution in [3.8, 4) is 16.9 Å². The lowest BCUT2D eigenvalue weighted by atomic mass is 10.00. The standard InChI is InChI=1S/C28H29ClN2O3/c1-3-12-34-27-11-10-19(20-9-8-18(2)25(29)15-20)14-24(27)28(33)31-22(17-32)13-21-16-30-26-7-5-4-6-23(21)26/h4-11,14-16,22,30,32H,3,12-13,17H2,1-2H3,(H,31,33). The van der Waals surface area contributed by atoms with Gasteiger partial charge in [-0.3, -0.25) is 4.79 Å². The highest BCUT2D eigenvalue weighted by atomic mass is 35.5. The molecule has 176 valence electrons. The fourth-order valence-corrected chi connectivity index (χ4v) is 4.17. The maximum absolute atomic E-state index is 13.4. The molecule has 0 aliphatic carbocycles. The lowest BCUT2D eigenvalue weighted by Crippen LogP contribution is -2.39. The number of hydrogen-bond acceptors (Lipinski definition) is 3. The number of aromatic amines is 1. The zero-order chi connectivity index (χ0) is 24.1. The van der Waals surface area contributed by atoms with E-state index < -0.39 is 6.04 Å². The van der Waals surface area contributed by atoms with E-state index >= 15 is 0 Å². The zero-order valence-corrected chi connectivity index (χ0v) is 20.2. The van der Waals surface area contributed by atoms with E-state index in [9.17, 15) is 9.90 Å². The van der Waals surface area contributed by atoms with Crippen LogP contribution >= 0.6 is 11.6 Å². The summed E-state index contributed by atoms with van der Waals surface area (Å²) < 4.78 is 5.87. The molecular weight excluding hydrogens is 448 g/mol. The highest BCUT2D eigenvalue weighted by Crippen LogP contribution is 2.30. The van der Waals surface area contributed by atoms with Gasteiger partial charge in [0.25, 0.3) is 5.91 Å². The topological polar surface area (TPSA) is 74.3 Å². The van der Waals surface area contributed by atoms with Crippen molar-refractivity contribution in [3.63, 3.8) is 0 Å². The summed E-state index contributed by atoms with van der Waals surface area (Å²) in [6.45, 7) is 4.30. The van der Waals surface area contributed by atoms with E-state index in [1.54, 1.807) is 0 Å². The van der Waals surface area contributed by atoms with Gasteiger partial charge in [0.05, 0.1) is 24.8 Å². The first-order valence-corrected chi connectivity index (χ1v) is 11.9. The number of carbonyl (C=O) groups is 1. The van der Waals surface area contributed by atoms with Gasteiger partial charge in [-0.25, -0.2) is 0 Å². The van der Waals surface area contributed by atoms with E-state index in [0.717, 1.165) is 39.6 Å². The second kappa shape index (κ2) is 10.8. The van der Waals surface area contributed by atoms with Crippen LogP contribution in [0.4, 0.5) is 0 Å². The van der Waals surface area contributed by atoms with Crippen molar-refractivity contribution in [2.75, 3.05) is 13.2 Å². The normalized spacial score (nSPS) is 12.0. The monoisotopic (exact) mass is 476 g/mol. The molecule has 1 heterocycles. The number of aryl methyl sites for hydroxylation is 1. The van der Waals surface area contributed by atoms with Crippen molar-refractivity contribution < 1.29 is 14.6 Å². The molecule has 1 aromatic heterocycles. The van der Waals surface area contributed by atoms with E-state index in [1.165, 1.54) is 0 Å². The second-order valence-electron chi connectivity index (χ2n) is 8.44. The summed E-state index contributed by atoms with van der Waals surface area (Å²) in [6.07, 6.45) is 3.26. The van der Waals surface area contributed by atoms with Gasteiger partial charge in [-0.1, -0.05) is 54.9 Å². The lowest BCUT2D eigenvalue weighted by molar-refractivity contribution is 0.0912. The Morgan fingerprint density at radius 2 is 1.88 bits per heavy atom. The molecular formula is C28H29ClN2O3. The highest BCUT2D eigenvalue weighted by Gasteiger charge is 2.20. The Bertz CT molecular complexity index is 1300. The number of aromatic nitrogens is 1. The summed E-state index contributed by atoms with van der Waals surface area (Å²) in [4.78, 5) is 16.6. The number of halogens is 1. The molecule has 0 saturated heterocycles. The molecule has 6 heteroatoms. The number of aliphatic hydroxyl groups excluding tert-OH is 1. The summed E-state index contributed by atoms with van der Waals surface area (Å²) in [6, 6.07) is 19.0. The second-order valence-corrected chi connectivity index (χ2v) is 8.85. The van der Waals surface area contributed by atoms with Gasteiger partial charge in [0.2, 0.25) is 0 Å². The molecule has 1 unspecified atom stereocenters. The van der Waals surface area contributed by atoms with Crippen molar-refractivity contribution in [2.24, 2.45) is 0 Å². The molecule has 0 spiro atoms. The Morgan fingerprint density at radius 3 is 2.65 bits per heavy atom. The van der Waals surface area contributed by atoms with Crippen LogP contribution in [-0.4, -0.2) is 35.3 Å². The van der Waals surface area contributed by atoms with Crippen LogP contribution in [0.1, 0.15) is 34.8 Å². The molecule has 34 heavy (non-hydrogen) atoms. The summed E-state index contributed by atoms with van der Waals surface area (Å²) >= 11 is 6.33. The molecule has 4 rings (SSSR count). The van der Waals surface area contributed by atoms with Crippen LogP contribution in [-0.2, 0) is 6.42 Å². The van der Waals surface area contributed by atoms with Crippen LogP contribution in [0.15, 0.2) is 66.9 Å². The Kier molecular flexibility index (Phi) is 7.56. The van der Waals surface area contributed by atoms with Gasteiger partial charge < -0.3 is 20.1 Å². The molecule has 1 atom stereocenters. The number of amides is 1. The molecule has 1 amide bonds. The minimum atomic E-state index is -0.441. The molecule has 0 fully saturated rings. The molecule has 0 aliphatic rings. The predicted molar refractivity (Wildman–Crippen MR) is 138 cm³/mol. The van der Waals surface area contributed by atoms with E-state index in [-0.39, 0.29) is 12.5 Å². The average Bonchev–Trinajstić information content (AvgIpc) is 3.26. The quantitative estimate of drug-likeness (QED) is 0.281. The van der Waals surface area contributed by atoms with Gasteiger partial charge in [-0.15, -0.1) is 0 Å². The van der Waals surface area contributed by atoms with E-state index in [0.29, 0.717) is 29.4 Å². The SMILES string of the molecule is CCCOc1ccc(-c2ccc(C)c(Cl)c2)cc1C(=O)NC(CO)Cc1c[nH]c2ccccc12. The summed E-state index contributed by atoms with van der Waals surface area (Å²) in [5.74, 6) is 0.232. The lowest BCUT2D eigenvalue weighted by Gasteiger charge is -2.18. The van der Waals surface area contributed by atoms with Crippen LogP contribution in [0, 0.1) is 6.92 Å². The molecule has 3 aromatic carbocycles. The third kappa shape index (κ3) is 5.27. The number of para-hydroxylation sites is 1. The average molecular weight is 477 g/mol. The molecule has 0 aliphatic heterocycles. The van der Waals surface area contributed by atoms with Gasteiger partial charge in [-0.2, -0.15) is 0 Å². The molecule has 5 nitrogen and oxygen atoms in total. The maximum Gasteiger partial charge on any atom is 0.255 e. The highest BCUT2D eigenvalue weighted by molar-refractivity contribution is 6.31. The van der Waals surface area contributed by atoms with Gasteiger partial charge in [0.15, 0.2) is 0 Å². The van der Waals surface area contributed by atoms with Crippen LogP contribution in [0.5, 0.6) is 5.75 Å². The van der Waals surface area contributed by atoms with Crippen molar-refractivity contribution in [2.45, 2.75) is 32.7 Å². The number of ether oxygens (including phenoxy) is 1. The Labute approximate surface area is 204 Å². The summed E-state index contributed by atoms with van der Waals surface area (Å²) in [5.41, 5.74) is 5.28. The number of hydrogen-bond donors (Lipinski definition) is 3. The molecule has 0 radical (unpaired) electrons. The van der Waals surface area contributed by atoms with Gasteiger partial charge in [0.1, 0.15) is 5.75 Å². The molecule has 4 aromatic rings. The largest absolute Gasteiger partial charge is 0.493 e. The predicted octanol–water partition coefficient (Wildman–Crippen LogP) is 5.92. The number of fused-ring (bicyclic) bond motifs is 1. The minimum Gasteiger partial charge on any atom is -0.493 e. The van der Waals surface area contributed by atoms with Crippen LogP contribution in [0.2, 0.25) is 5.02 Å². The first-order chi connectivity index (χ1) is 16.5. The first kappa shape index (κ1) is 23.9. The van der Waals surface area contributed by atoms with Gasteiger partial charge in [-0.05, 0) is 66.3 Å². The zero-order valence-electron chi connectivity index (χ0n) is 19.4. The fourth-order valence-electron chi connectivity index (χ4n) is 3.99. The van der Waals surface area contributed by atoms with E-state index in [4.69, 9.17) is 16.3 Å². The van der Waals surface area contributed by atoms with Crippen molar-refractivity contribution >= 4 is 28.4 Å². The van der Waals surface area contributed by atoms with Crippen molar-refractivity contribution in [1.82, 2.24) is 10.3 Å². The van der Waals surface area contributed by atoms with E-state index in [1.807, 2.05) is 80.7 Å². The van der Waals surface area contributed by atoms with Crippen LogP contribution in [0.25, 0.3) is 22.0 Å². The Hall–Kier alpha value is -3.28.